The largest absolute Gasteiger partial charge is 0.384 e. The Bertz CT molecular complexity index is 1710. The van der Waals surface area contributed by atoms with Gasteiger partial charge in [0.2, 0.25) is 0 Å². The first kappa shape index (κ1) is 19.5. The zero-order valence-electron chi connectivity index (χ0n) is 17.3. The molecule has 1 aromatic carbocycles. The number of aromatic nitrogens is 6. The van der Waals surface area contributed by atoms with Crippen molar-refractivity contribution in [2.45, 2.75) is 0 Å². The van der Waals surface area contributed by atoms with Crippen LogP contribution in [0.25, 0.3) is 34.0 Å². The van der Waals surface area contributed by atoms with Crippen molar-refractivity contribution < 1.29 is 9.59 Å². The number of benzene rings is 1. The van der Waals surface area contributed by atoms with Gasteiger partial charge in [-0.1, -0.05) is 12.1 Å². The van der Waals surface area contributed by atoms with Crippen LogP contribution in [0.15, 0.2) is 71.8 Å². The van der Waals surface area contributed by atoms with Crippen molar-refractivity contribution >= 4 is 23.3 Å². The zero-order chi connectivity index (χ0) is 23.4. The molecule has 1 aliphatic rings. The molecule has 0 bridgehead atoms. The van der Waals surface area contributed by atoms with Gasteiger partial charge in [-0.3, -0.25) is 29.3 Å². The second-order valence-corrected chi connectivity index (χ2v) is 7.57. The van der Waals surface area contributed by atoms with Crippen molar-refractivity contribution in [1.82, 2.24) is 34.7 Å². The number of nitrogens with two attached hydrogens (primary N) is 1. The van der Waals surface area contributed by atoms with Crippen molar-refractivity contribution in [2.75, 3.05) is 5.73 Å². The van der Waals surface area contributed by atoms with Crippen LogP contribution in [-0.4, -0.2) is 41.2 Å². The SMILES string of the molecule is Nc1c2c(cc(=O)n1-c1cccc(-c3ccc4nnc(-c5ccncc5)n4n3)c1)C(=O)NC2=O. The van der Waals surface area contributed by atoms with E-state index < -0.39 is 17.4 Å². The fourth-order valence-electron chi connectivity index (χ4n) is 3.97. The lowest BCUT2D eigenvalue weighted by Crippen LogP contribution is -2.24. The number of pyridine rings is 2. The van der Waals surface area contributed by atoms with Crippen LogP contribution in [0.2, 0.25) is 0 Å². The van der Waals surface area contributed by atoms with Crippen molar-refractivity contribution in [3.63, 3.8) is 0 Å². The molecule has 0 unspecified atom stereocenters. The van der Waals surface area contributed by atoms with Gasteiger partial charge in [0.15, 0.2) is 11.5 Å². The number of fused-ring (bicyclic) bond motifs is 2. The summed E-state index contributed by atoms with van der Waals surface area (Å²) >= 11 is 0. The first-order valence-corrected chi connectivity index (χ1v) is 10.2. The molecule has 0 atom stereocenters. The lowest BCUT2D eigenvalue weighted by Gasteiger charge is -2.13. The number of carbonyl (C=O) groups excluding carboxylic acids is 2. The summed E-state index contributed by atoms with van der Waals surface area (Å²) in [5.74, 6) is -0.817. The monoisotopic (exact) mass is 450 g/mol. The maximum atomic E-state index is 12.8. The van der Waals surface area contributed by atoms with E-state index in [4.69, 9.17) is 5.73 Å². The quantitative estimate of drug-likeness (QED) is 0.392. The van der Waals surface area contributed by atoms with Crippen LogP contribution in [0.5, 0.6) is 0 Å². The van der Waals surface area contributed by atoms with E-state index in [1.54, 1.807) is 47.2 Å². The van der Waals surface area contributed by atoms with Crippen LogP contribution in [0.1, 0.15) is 20.7 Å². The van der Waals surface area contributed by atoms with Gasteiger partial charge in [-0.25, -0.2) is 0 Å². The molecule has 0 aliphatic carbocycles. The molecule has 0 saturated carbocycles. The summed E-state index contributed by atoms with van der Waals surface area (Å²) in [6.07, 6.45) is 3.33. The highest BCUT2D eigenvalue weighted by molar-refractivity contribution is 6.23. The molecule has 34 heavy (non-hydrogen) atoms. The highest BCUT2D eigenvalue weighted by atomic mass is 16.2. The van der Waals surface area contributed by atoms with Crippen LogP contribution in [0.3, 0.4) is 0 Å². The molecule has 0 radical (unpaired) electrons. The third-order valence-corrected chi connectivity index (χ3v) is 5.55. The van der Waals surface area contributed by atoms with E-state index in [1.165, 1.54) is 4.57 Å². The number of carbonyl (C=O) groups is 2. The second-order valence-electron chi connectivity index (χ2n) is 7.57. The minimum atomic E-state index is -0.638. The number of hydrogen-bond donors (Lipinski definition) is 2. The van der Waals surface area contributed by atoms with Crippen LogP contribution in [0.4, 0.5) is 5.82 Å². The number of nitrogens with one attached hydrogen (secondary N) is 1. The standard InChI is InChI=1S/C23H14N8O3/c24-20-19-15(22(33)26-23(19)34)11-18(32)30(20)14-3-1-2-13(10-14)16-4-5-17-27-28-21(31(17)29-16)12-6-8-25-9-7-12/h1-11H,24H2,(H,26,33,34). The molecule has 5 aromatic rings. The lowest BCUT2D eigenvalue weighted by molar-refractivity contribution is 0.0880. The Balaban J connectivity index is 1.49. The molecule has 5 heterocycles. The summed E-state index contributed by atoms with van der Waals surface area (Å²) in [5.41, 5.74) is 8.70. The van der Waals surface area contributed by atoms with E-state index in [0.29, 0.717) is 28.4 Å². The van der Waals surface area contributed by atoms with E-state index in [0.717, 1.165) is 11.6 Å². The third kappa shape index (κ3) is 2.88. The fraction of sp³-hybridized carbons (Fsp3) is 0. The topological polar surface area (TPSA) is 150 Å². The molecule has 164 valence electrons. The van der Waals surface area contributed by atoms with Gasteiger partial charge < -0.3 is 5.73 Å². The van der Waals surface area contributed by atoms with Crippen LogP contribution >= 0.6 is 0 Å². The molecule has 6 rings (SSSR count). The summed E-state index contributed by atoms with van der Waals surface area (Å²) in [7, 11) is 0. The smallest absolute Gasteiger partial charge is 0.262 e. The van der Waals surface area contributed by atoms with Crippen molar-refractivity contribution in [2.24, 2.45) is 0 Å². The molecule has 0 saturated heterocycles. The van der Waals surface area contributed by atoms with Gasteiger partial charge in [0.05, 0.1) is 22.5 Å². The summed E-state index contributed by atoms with van der Waals surface area (Å²) in [4.78, 5) is 40.9. The molecule has 1 aliphatic heterocycles. The van der Waals surface area contributed by atoms with Gasteiger partial charge in [0, 0.05) is 29.6 Å². The van der Waals surface area contributed by atoms with Crippen molar-refractivity contribution in [3.8, 4) is 28.3 Å². The number of rotatable bonds is 3. The van der Waals surface area contributed by atoms with Gasteiger partial charge in [-0.05, 0) is 36.4 Å². The Labute approximate surface area is 190 Å². The molecule has 2 amide bonds. The number of nitrogens with zero attached hydrogens (tertiary/aromatic N) is 6. The van der Waals surface area contributed by atoms with Gasteiger partial charge in [0.1, 0.15) is 5.82 Å². The normalized spacial score (nSPS) is 12.7. The van der Waals surface area contributed by atoms with Crippen molar-refractivity contribution in [3.05, 3.63) is 88.5 Å². The Morgan fingerprint density at radius 3 is 2.50 bits per heavy atom. The molecular formula is C23H14N8O3. The van der Waals surface area contributed by atoms with Gasteiger partial charge in [0.25, 0.3) is 17.4 Å². The third-order valence-electron chi connectivity index (χ3n) is 5.55. The molecule has 0 fully saturated rings. The predicted octanol–water partition coefficient (Wildman–Crippen LogP) is 1.47. The molecule has 3 N–H and O–H groups in total. The second kappa shape index (κ2) is 7.17. The summed E-state index contributed by atoms with van der Waals surface area (Å²) in [6.45, 7) is 0. The summed E-state index contributed by atoms with van der Waals surface area (Å²) < 4.78 is 2.82. The van der Waals surface area contributed by atoms with E-state index in [2.05, 4.69) is 25.6 Å². The molecule has 0 spiro atoms. The first-order valence-electron chi connectivity index (χ1n) is 10.2. The van der Waals surface area contributed by atoms with E-state index in [-0.39, 0.29) is 16.9 Å². The maximum absolute atomic E-state index is 12.8. The Morgan fingerprint density at radius 2 is 1.68 bits per heavy atom. The maximum Gasteiger partial charge on any atom is 0.262 e. The van der Waals surface area contributed by atoms with E-state index >= 15 is 0 Å². The Kier molecular flexibility index (Phi) is 4.11. The van der Waals surface area contributed by atoms with Gasteiger partial charge in [-0.15, -0.1) is 10.2 Å². The average molecular weight is 450 g/mol. The Morgan fingerprint density at radius 1 is 0.853 bits per heavy atom. The average Bonchev–Trinajstić information content (AvgIpc) is 3.39. The van der Waals surface area contributed by atoms with Gasteiger partial charge >= 0.3 is 0 Å². The molecule has 11 nitrogen and oxygen atoms in total. The number of anilines is 1. The first-order chi connectivity index (χ1) is 16.5. The van der Waals surface area contributed by atoms with Crippen LogP contribution in [0, 0.1) is 0 Å². The molecular weight excluding hydrogens is 436 g/mol. The molecule has 4 aromatic heterocycles. The fourth-order valence-corrected chi connectivity index (χ4v) is 3.97. The number of nitrogen functional groups attached to an aromatic ring is 1. The predicted molar refractivity (Wildman–Crippen MR) is 121 cm³/mol. The Hall–Kier alpha value is -5.19. The highest BCUT2D eigenvalue weighted by Gasteiger charge is 2.31. The lowest BCUT2D eigenvalue weighted by atomic mass is 10.1. The number of amides is 2. The summed E-state index contributed by atoms with van der Waals surface area (Å²) in [5, 5.41) is 15.2. The summed E-state index contributed by atoms with van der Waals surface area (Å²) in [6, 6.07) is 15.3. The van der Waals surface area contributed by atoms with Crippen LogP contribution < -0.4 is 16.6 Å². The van der Waals surface area contributed by atoms with E-state index in [1.807, 2.05) is 18.2 Å². The minimum absolute atomic E-state index is 0.0129. The number of imide groups is 1. The van der Waals surface area contributed by atoms with Crippen LogP contribution in [-0.2, 0) is 0 Å². The van der Waals surface area contributed by atoms with Gasteiger partial charge in [-0.2, -0.15) is 9.61 Å². The molecule has 11 heteroatoms. The zero-order valence-corrected chi connectivity index (χ0v) is 17.3. The number of hydrogen-bond acceptors (Lipinski definition) is 8. The minimum Gasteiger partial charge on any atom is -0.384 e. The van der Waals surface area contributed by atoms with E-state index in [9.17, 15) is 14.4 Å². The highest BCUT2D eigenvalue weighted by Crippen LogP contribution is 2.26. The van der Waals surface area contributed by atoms with Crippen molar-refractivity contribution in [1.29, 1.82) is 0 Å².